The van der Waals surface area contributed by atoms with E-state index >= 15 is 0 Å². The average molecular weight is 280 g/mol. The largest absolute Gasteiger partial charge is 0.465 e. The number of hydrogen-bond donors (Lipinski definition) is 1. The molecule has 20 heavy (non-hydrogen) atoms. The second kappa shape index (κ2) is 5.46. The predicted octanol–water partition coefficient (Wildman–Crippen LogP) is 0.222. The van der Waals surface area contributed by atoms with Crippen LogP contribution in [-0.4, -0.2) is 42.9 Å². The van der Waals surface area contributed by atoms with E-state index in [1.54, 1.807) is 13.0 Å². The fourth-order valence-electron chi connectivity index (χ4n) is 2.08. The van der Waals surface area contributed by atoms with E-state index in [-0.39, 0.29) is 24.8 Å². The molecule has 0 saturated carbocycles. The number of aryl methyl sites for hydroxylation is 1. The van der Waals surface area contributed by atoms with Gasteiger partial charge in [0, 0.05) is 7.05 Å². The van der Waals surface area contributed by atoms with Crippen LogP contribution in [0, 0.1) is 6.92 Å². The Morgan fingerprint density at radius 3 is 2.80 bits per heavy atom. The Bertz CT molecular complexity index is 563. The molecule has 1 aromatic heterocycles. The van der Waals surface area contributed by atoms with Gasteiger partial charge in [-0.1, -0.05) is 0 Å². The summed E-state index contributed by atoms with van der Waals surface area (Å²) in [7, 11) is 2.75. The van der Waals surface area contributed by atoms with Gasteiger partial charge in [-0.3, -0.25) is 19.8 Å². The number of methoxy groups -OCH3 is 1. The minimum atomic E-state index is -0.542. The second-order valence-corrected chi connectivity index (χ2v) is 4.60. The normalized spacial score (nSPS) is 18.8. The number of nitrogens with one attached hydrogen (secondary N) is 1. The Morgan fingerprint density at radius 2 is 2.25 bits per heavy atom. The highest BCUT2D eigenvalue weighted by Gasteiger charge is 2.35. The van der Waals surface area contributed by atoms with E-state index < -0.39 is 12.0 Å². The van der Waals surface area contributed by atoms with Crippen molar-refractivity contribution in [3.05, 3.63) is 23.2 Å². The lowest BCUT2D eigenvalue weighted by molar-refractivity contribution is -0.137. The molecule has 7 nitrogen and oxygen atoms in total. The fraction of sp³-hybridized carbons (Fsp3) is 0.462. The highest BCUT2D eigenvalue weighted by molar-refractivity contribution is 6.05. The van der Waals surface area contributed by atoms with Crippen LogP contribution < -0.4 is 5.32 Å². The number of rotatable bonds is 4. The molecule has 1 aliphatic heterocycles. The number of imide groups is 1. The minimum absolute atomic E-state index is 0.138. The first-order valence-electron chi connectivity index (χ1n) is 6.15. The zero-order valence-corrected chi connectivity index (χ0v) is 11.6. The summed E-state index contributed by atoms with van der Waals surface area (Å²) in [6.07, 6.45) is 0.138. The molecule has 1 unspecified atom stereocenters. The number of furan rings is 1. The van der Waals surface area contributed by atoms with Crippen molar-refractivity contribution >= 4 is 17.8 Å². The van der Waals surface area contributed by atoms with E-state index in [0.29, 0.717) is 17.1 Å². The van der Waals surface area contributed by atoms with Gasteiger partial charge in [0.1, 0.15) is 17.1 Å². The van der Waals surface area contributed by atoms with Gasteiger partial charge in [-0.15, -0.1) is 0 Å². The van der Waals surface area contributed by atoms with Gasteiger partial charge in [0.05, 0.1) is 26.1 Å². The van der Waals surface area contributed by atoms with Gasteiger partial charge < -0.3 is 9.15 Å². The zero-order chi connectivity index (χ0) is 14.9. The lowest BCUT2D eigenvalue weighted by Crippen LogP contribution is -2.36. The number of nitrogens with zero attached hydrogens (tertiary/aromatic N) is 1. The minimum Gasteiger partial charge on any atom is -0.465 e. The van der Waals surface area contributed by atoms with Crippen LogP contribution >= 0.6 is 0 Å². The van der Waals surface area contributed by atoms with Crippen LogP contribution in [0.2, 0.25) is 0 Å². The highest BCUT2D eigenvalue weighted by atomic mass is 16.5. The average Bonchev–Trinajstić information content (AvgIpc) is 2.91. The number of hydrogen-bond acceptors (Lipinski definition) is 6. The maximum absolute atomic E-state index is 11.7. The molecule has 1 fully saturated rings. The number of esters is 1. The Balaban J connectivity index is 2.00. The fourth-order valence-corrected chi connectivity index (χ4v) is 2.08. The van der Waals surface area contributed by atoms with Crippen LogP contribution in [0.5, 0.6) is 0 Å². The van der Waals surface area contributed by atoms with Crippen LogP contribution in [0.15, 0.2) is 10.5 Å². The summed E-state index contributed by atoms with van der Waals surface area (Å²) in [6, 6.07) is 1.03. The molecule has 108 valence electrons. The molecule has 0 bridgehead atoms. The van der Waals surface area contributed by atoms with E-state index in [2.05, 4.69) is 10.1 Å². The number of likely N-dealkylation sites (tertiary alicyclic amines) is 1. The SMILES string of the molecule is COC(=O)c1cc(CNC2CC(=O)N(C)C2=O)oc1C. The molecule has 2 rings (SSSR count). The summed E-state index contributed by atoms with van der Waals surface area (Å²) in [6.45, 7) is 1.92. The first-order chi connectivity index (χ1) is 9.43. The Hall–Kier alpha value is -2.15. The summed E-state index contributed by atoms with van der Waals surface area (Å²) in [5, 5.41) is 2.95. The topological polar surface area (TPSA) is 88.9 Å². The molecule has 0 aromatic carbocycles. The van der Waals surface area contributed by atoms with E-state index in [9.17, 15) is 14.4 Å². The van der Waals surface area contributed by atoms with E-state index in [1.807, 2.05) is 0 Å². The Morgan fingerprint density at radius 1 is 1.55 bits per heavy atom. The van der Waals surface area contributed by atoms with Crippen LogP contribution in [0.1, 0.15) is 28.3 Å². The molecule has 0 spiro atoms. The van der Waals surface area contributed by atoms with Crippen LogP contribution in [0.25, 0.3) is 0 Å². The van der Waals surface area contributed by atoms with Crippen molar-refractivity contribution < 1.29 is 23.5 Å². The highest BCUT2D eigenvalue weighted by Crippen LogP contribution is 2.17. The second-order valence-electron chi connectivity index (χ2n) is 4.60. The van der Waals surface area contributed by atoms with Gasteiger partial charge in [-0.2, -0.15) is 0 Å². The third-order valence-corrected chi connectivity index (χ3v) is 3.28. The number of likely N-dealkylation sites (N-methyl/N-ethyl adjacent to an activating group) is 1. The van der Waals surface area contributed by atoms with Crippen molar-refractivity contribution in [2.24, 2.45) is 0 Å². The van der Waals surface area contributed by atoms with Crippen molar-refractivity contribution in [3.63, 3.8) is 0 Å². The maximum Gasteiger partial charge on any atom is 0.341 e. The van der Waals surface area contributed by atoms with E-state index in [4.69, 9.17) is 4.42 Å². The molecular formula is C13H16N2O5. The predicted molar refractivity (Wildman–Crippen MR) is 67.8 cm³/mol. The molecule has 0 aliphatic carbocycles. The van der Waals surface area contributed by atoms with Crippen LogP contribution in [0.4, 0.5) is 0 Å². The quantitative estimate of drug-likeness (QED) is 0.627. The van der Waals surface area contributed by atoms with Crippen molar-refractivity contribution in [1.29, 1.82) is 0 Å². The molecule has 1 aromatic rings. The van der Waals surface area contributed by atoms with E-state index in [1.165, 1.54) is 14.2 Å². The third kappa shape index (κ3) is 2.57. The molecule has 1 saturated heterocycles. The Kier molecular flexibility index (Phi) is 3.89. The summed E-state index contributed by atoms with van der Waals surface area (Å²) >= 11 is 0. The number of ether oxygens (including phenoxy) is 1. The maximum atomic E-state index is 11.7. The summed E-state index contributed by atoms with van der Waals surface area (Å²) in [5.74, 6) is 0.0338. The third-order valence-electron chi connectivity index (χ3n) is 3.28. The van der Waals surface area contributed by atoms with Gasteiger partial charge in [-0.05, 0) is 13.0 Å². The number of amides is 2. The van der Waals surface area contributed by atoms with Crippen molar-refractivity contribution in [3.8, 4) is 0 Å². The van der Waals surface area contributed by atoms with Crippen molar-refractivity contribution in [2.45, 2.75) is 25.9 Å². The molecule has 2 amide bonds. The van der Waals surface area contributed by atoms with Gasteiger partial charge in [0.15, 0.2) is 0 Å². The summed E-state index contributed by atoms with van der Waals surface area (Å²) in [4.78, 5) is 35.6. The number of carbonyl (C=O) groups excluding carboxylic acids is 3. The van der Waals surface area contributed by atoms with Crippen molar-refractivity contribution in [2.75, 3.05) is 14.2 Å². The van der Waals surface area contributed by atoms with Crippen molar-refractivity contribution in [1.82, 2.24) is 10.2 Å². The molecule has 1 aliphatic rings. The van der Waals surface area contributed by atoms with Gasteiger partial charge in [-0.25, -0.2) is 4.79 Å². The monoisotopic (exact) mass is 280 g/mol. The Labute approximate surface area is 115 Å². The molecule has 0 radical (unpaired) electrons. The van der Waals surface area contributed by atoms with E-state index in [0.717, 1.165) is 4.90 Å². The van der Waals surface area contributed by atoms with Gasteiger partial charge in [0.25, 0.3) is 0 Å². The molecule has 7 heteroatoms. The molecular weight excluding hydrogens is 264 g/mol. The smallest absolute Gasteiger partial charge is 0.341 e. The van der Waals surface area contributed by atoms with Crippen LogP contribution in [-0.2, 0) is 20.9 Å². The lowest BCUT2D eigenvalue weighted by Gasteiger charge is -2.09. The zero-order valence-electron chi connectivity index (χ0n) is 11.6. The summed E-state index contributed by atoms with van der Waals surface area (Å²) in [5.41, 5.74) is 0.357. The number of carbonyl (C=O) groups is 3. The van der Waals surface area contributed by atoms with Gasteiger partial charge in [0.2, 0.25) is 11.8 Å². The first-order valence-corrected chi connectivity index (χ1v) is 6.15. The van der Waals surface area contributed by atoms with Gasteiger partial charge >= 0.3 is 5.97 Å². The lowest BCUT2D eigenvalue weighted by atomic mass is 10.2. The van der Waals surface area contributed by atoms with Crippen LogP contribution in [0.3, 0.4) is 0 Å². The summed E-state index contributed by atoms with van der Waals surface area (Å²) < 4.78 is 10.0. The standard InChI is InChI=1S/C13H16N2O5/c1-7-9(13(18)19-3)4-8(20-7)6-14-10-5-11(16)15(2)12(10)17/h4,10,14H,5-6H2,1-3H3. The first kappa shape index (κ1) is 14.3. The molecule has 1 N–H and O–H groups in total. The molecule has 2 heterocycles. The molecule has 1 atom stereocenters.